The van der Waals surface area contributed by atoms with Crippen LogP contribution in [0.3, 0.4) is 0 Å². The Labute approximate surface area is 167 Å². The lowest BCUT2D eigenvalue weighted by molar-refractivity contribution is -0.158. The van der Waals surface area contributed by atoms with E-state index in [1.54, 1.807) is 6.07 Å². The molecule has 6 nitrogen and oxygen atoms in total. The molecule has 0 atom stereocenters. The molecule has 1 heterocycles. The van der Waals surface area contributed by atoms with Gasteiger partial charge < -0.3 is 14.7 Å². The molecule has 1 aromatic rings. The summed E-state index contributed by atoms with van der Waals surface area (Å²) in [6.45, 7) is 2.97. The maximum atomic E-state index is 13.7. The lowest BCUT2D eigenvalue weighted by atomic mass is 9.49. The Balaban J connectivity index is 1.44. The predicted octanol–water partition coefficient (Wildman–Crippen LogP) is 4.24. The highest BCUT2D eigenvalue weighted by Crippen LogP contribution is 2.60. The molecule has 0 unspecified atom stereocenters. The molecule has 1 N–H and O–H groups in total. The van der Waals surface area contributed by atoms with Crippen molar-refractivity contribution in [2.75, 3.05) is 18.4 Å². The average Bonchev–Trinajstić information content (AvgIpc) is 3.15. The molecule has 4 fully saturated rings. The van der Waals surface area contributed by atoms with Crippen LogP contribution >= 0.6 is 0 Å². The van der Waals surface area contributed by atoms with Crippen molar-refractivity contribution in [3.63, 3.8) is 0 Å². The highest BCUT2D eigenvalue weighted by atomic mass is 16.5. The van der Waals surface area contributed by atoms with Crippen molar-refractivity contribution in [3.05, 3.63) is 12.3 Å². The van der Waals surface area contributed by atoms with Crippen molar-refractivity contribution in [1.29, 1.82) is 0 Å². The van der Waals surface area contributed by atoms with E-state index in [0.717, 1.165) is 56.3 Å². The van der Waals surface area contributed by atoms with Gasteiger partial charge in [0, 0.05) is 12.6 Å². The van der Waals surface area contributed by atoms with Crippen molar-refractivity contribution in [3.8, 4) is 0 Å². The monoisotopic (exact) mass is 387 g/mol. The van der Waals surface area contributed by atoms with Gasteiger partial charge in [0.25, 0.3) is 0 Å². The number of rotatable bonds is 9. The Hall–Kier alpha value is -1.85. The molecule has 1 aromatic heterocycles. The molecular weight excluding hydrogens is 354 g/mol. The van der Waals surface area contributed by atoms with Gasteiger partial charge in [0.1, 0.15) is 6.26 Å². The molecule has 6 heteroatoms. The summed E-state index contributed by atoms with van der Waals surface area (Å²) in [7, 11) is 0. The minimum atomic E-state index is -0.201. The summed E-state index contributed by atoms with van der Waals surface area (Å²) in [4.78, 5) is 28.1. The van der Waals surface area contributed by atoms with Crippen LogP contribution in [0.5, 0.6) is 0 Å². The summed E-state index contributed by atoms with van der Waals surface area (Å²) in [5.74, 6) is 2.61. The molecule has 4 saturated carbocycles. The average molecular weight is 388 g/mol. The van der Waals surface area contributed by atoms with Gasteiger partial charge in [0.15, 0.2) is 5.82 Å². The van der Waals surface area contributed by atoms with E-state index in [1.807, 2.05) is 4.90 Å². The third kappa shape index (κ3) is 4.11. The lowest BCUT2D eigenvalue weighted by Crippen LogP contribution is -2.55. The normalized spacial score (nSPS) is 30.4. The molecule has 0 aliphatic heterocycles. The van der Waals surface area contributed by atoms with Crippen molar-refractivity contribution >= 4 is 17.6 Å². The van der Waals surface area contributed by atoms with Gasteiger partial charge in [0.2, 0.25) is 11.8 Å². The summed E-state index contributed by atoms with van der Waals surface area (Å²) in [5.41, 5.74) is -0.201. The third-order valence-electron chi connectivity index (χ3n) is 7.10. The first kappa shape index (κ1) is 19.5. The Morgan fingerprint density at radius 2 is 1.82 bits per heavy atom. The van der Waals surface area contributed by atoms with Gasteiger partial charge in [-0.3, -0.25) is 9.59 Å². The van der Waals surface area contributed by atoms with Crippen LogP contribution < -0.4 is 5.32 Å². The van der Waals surface area contributed by atoms with Gasteiger partial charge in [-0.1, -0.05) is 31.3 Å². The van der Waals surface area contributed by atoms with E-state index >= 15 is 0 Å². The second-order valence-corrected chi connectivity index (χ2v) is 9.42. The lowest BCUT2D eigenvalue weighted by Gasteiger charge is -2.56. The second kappa shape index (κ2) is 8.26. The maximum absolute atomic E-state index is 13.7. The van der Waals surface area contributed by atoms with Crippen LogP contribution in [-0.4, -0.2) is 35.0 Å². The smallest absolute Gasteiger partial charge is 0.245 e. The molecule has 4 aliphatic rings. The minimum Gasteiger partial charge on any atom is -0.363 e. The van der Waals surface area contributed by atoms with E-state index in [2.05, 4.69) is 17.4 Å². The maximum Gasteiger partial charge on any atom is 0.245 e. The van der Waals surface area contributed by atoms with Gasteiger partial charge in [-0.05, 0) is 62.7 Å². The zero-order valence-electron chi connectivity index (χ0n) is 17.0. The zero-order chi connectivity index (χ0) is 19.6. The molecule has 4 aliphatic carbocycles. The quantitative estimate of drug-likeness (QED) is 0.643. The van der Waals surface area contributed by atoms with Gasteiger partial charge in [0.05, 0.1) is 12.0 Å². The van der Waals surface area contributed by atoms with Crippen LogP contribution in [-0.2, 0) is 9.59 Å². The zero-order valence-corrected chi connectivity index (χ0v) is 17.0. The molecule has 5 rings (SSSR count). The molecule has 0 radical (unpaired) electrons. The largest absolute Gasteiger partial charge is 0.363 e. The fourth-order valence-corrected chi connectivity index (χ4v) is 6.32. The van der Waals surface area contributed by atoms with Crippen LogP contribution in [0.1, 0.15) is 71.1 Å². The Morgan fingerprint density at radius 1 is 1.14 bits per heavy atom. The predicted molar refractivity (Wildman–Crippen MR) is 106 cm³/mol. The van der Waals surface area contributed by atoms with E-state index in [0.29, 0.717) is 12.4 Å². The number of nitrogens with one attached hydrogen (secondary N) is 1. The number of hydrogen-bond acceptors (Lipinski definition) is 4. The van der Waals surface area contributed by atoms with Gasteiger partial charge in [-0.2, -0.15) is 0 Å². The number of carbonyl (C=O) groups excluding carboxylic acids is 2. The number of hydrogen-bond donors (Lipinski definition) is 1. The number of nitrogens with zero attached hydrogens (tertiary/aromatic N) is 2. The molecule has 0 spiro atoms. The first-order valence-electron chi connectivity index (χ1n) is 11.1. The fourth-order valence-electron chi connectivity index (χ4n) is 6.32. The Bertz CT molecular complexity index is 650. The SMILES string of the molecule is CCCCCCN(CC(=O)Nc1ccon1)C(=O)C12CC3CC(CC(C3)C1)C2. The minimum absolute atomic E-state index is 0.111. The molecule has 0 saturated heterocycles. The molecule has 4 bridgehead atoms. The Morgan fingerprint density at radius 3 is 2.39 bits per heavy atom. The van der Waals surface area contributed by atoms with Crippen LogP contribution in [0, 0.1) is 23.2 Å². The highest BCUT2D eigenvalue weighted by Gasteiger charge is 2.55. The number of unbranched alkanes of at least 4 members (excludes halogenated alkanes) is 3. The van der Waals surface area contributed by atoms with E-state index in [1.165, 1.54) is 31.9 Å². The third-order valence-corrected chi connectivity index (χ3v) is 7.10. The van der Waals surface area contributed by atoms with Crippen LogP contribution in [0.2, 0.25) is 0 Å². The van der Waals surface area contributed by atoms with E-state index in [-0.39, 0.29) is 23.8 Å². The van der Waals surface area contributed by atoms with Gasteiger partial charge in [-0.15, -0.1) is 0 Å². The summed E-state index contributed by atoms with van der Waals surface area (Å²) < 4.78 is 4.78. The second-order valence-electron chi connectivity index (χ2n) is 9.42. The summed E-state index contributed by atoms with van der Waals surface area (Å²) >= 11 is 0. The van der Waals surface area contributed by atoms with Crippen LogP contribution in [0.4, 0.5) is 5.82 Å². The summed E-state index contributed by atoms with van der Waals surface area (Å²) in [6, 6.07) is 1.62. The van der Waals surface area contributed by atoms with Gasteiger partial charge >= 0.3 is 0 Å². The standard InChI is InChI=1S/C22H33N3O3/c1-2-3-4-5-7-25(15-20(26)23-19-6-8-28-24-19)21(27)22-12-16-9-17(13-22)11-18(10-16)14-22/h6,8,16-18H,2-5,7,9-15H2,1H3,(H,23,24,26). The number of carbonyl (C=O) groups is 2. The number of amides is 2. The van der Waals surface area contributed by atoms with Crippen molar-refractivity contribution in [1.82, 2.24) is 10.1 Å². The first-order valence-corrected chi connectivity index (χ1v) is 11.1. The van der Waals surface area contributed by atoms with Crippen LogP contribution in [0.15, 0.2) is 16.9 Å². The number of aromatic nitrogens is 1. The fraction of sp³-hybridized carbons (Fsp3) is 0.773. The topological polar surface area (TPSA) is 75.4 Å². The molecule has 28 heavy (non-hydrogen) atoms. The molecular formula is C22H33N3O3. The van der Waals surface area contributed by atoms with E-state index in [4.69, 9.17) is 4.52 Å². The molecule has 154 valence electrons. The summed E-state index contributed by atoms with van der Waals surface area (Å²) in [6.07, 6.45) is 12.9. The van der Waals surface area contributed by atoms with Crippen molar-refractivity contribution < 1.29 is 14.1 Å². The van der Waals surface area contributed by atoms with E-state index in [9.17, 15) is 9.59 Å². The summed E-state index contributed by atoms with van der Waals surface area (Å²) in [5, 5.41) is 6.48. The highest BCUT2D eigenvalue weighted by molar-refractivity contribution is 5.94. The van der Waals surface area contributed by atoms with Gasteiger partial charge in [-0.25, -0.2) is 0 Å². The first-order chi connectivity index (χ1) is 13.6. The molecule has 0 aromatic carbocycles. The molecule has 2 amide bonds. The van der Waals surface area contributed by atoms with E-state index < -0.39 is 0 Å². The van der Waals surface area contributed by atoms with Crippen molar-refractivity contribution in [2.45, 2.75) is 71.1 Å². The van der Waals surface area contributed by atoms with Crippen molar-refractivity contribution in [2.24, 2.45) is 23.2 Å². The Kier molecular flexibility index (Phi) is 5.74. The van der Waals surface area contributed by atoms with Crippen LogP contribution in [0.25, 0.3) is 0 Å². The number of anilines is 1.